The van der Waals surface area contributed by atoms with Crippen LogP contribution in [-0.4, -0.2) is 49.3 Å². The fraction of sp³-hybridized carbons (Fsp3) is 0.227. The Kier molecular flexibility index (Phi) is 16.8. The number of aliphatic hydroxyl groups excluding tert-OH is 3. The molecule has 0 amide bonds. The fourth-order valence-electron chi connectivity index (χ4n) is 7.78. The smallest absolute Gasteiger partial charge is 0.140 e. The number of aliphatic imine (C=N–C) groups is 3. The first-order chi connectivity index (χ1) is 35.6. The highest BCUT2D eigenvalue weighted by Crippen LogP contribution is 2.41. The van der Waals surface area contributed by atoms with Crippen LogP contribution in [0.5, 0.6) is 17.2 Å². The second kappa shape index (κ2) is 23.2. The van der Waals surface area contributed by atoms with E-state index in [1.54, 1.807) is 54.6 Å². The molecular weight excluding hydrogens is 931 g/mol. The summed E-state index contributed by atoms with van der Waals surface area (Å²) >= 11 is 0. The molecule has 0 fully saturated rings. The van der Waals surface area contributed by atoms with Gasteiger partial charge < -0.3 is 30.6 Å². The van der Waals surface area contributed by atoms with Crippen molar-refractivity contribution in [2.75, 3.05) is 0 Å². The molecule has 7 aromatic rings. The first kappa shape index (κ1) is 54.3. The summed E-state index contributed by atoms with van der Waals surface area (Å²) in [7, 11) is 0. The van der Waals surface area contributed by atoms with Gasteiger partial charge in [-0.2, -0.15) is 0 Å². The Labute approximate surface area is 441 Å². The van der Waals surface area contributed by atoms with E-state index < -0.39 is 35.6 Å². The topological polar surface area (TPSA) is 158 Å². The minimum absolute atomic E-state index is 0.165. The lowest BCUT2D eigenvalue weighted by Gasteiger charge is -2.20. The van der Waals surface area contributed by atoms with Gasteiger partial charge in [-0.1, -0.05) is 207 Å². The Bertz CT molecular complexity index is 3080. The quantitative estimate of drug-likeness (QED) is 0.0624. The van der Waals surface area contributed by atoms with E-state index in [0.717, 1.165) is 16.7 Å². The Morgan fingerprint density at radius 1 is 0.360 bits per heavy atom. The average molecular weight is 994 g/mol. The molecule has 0 heterocycles. The van der Waals surface area contributed by atoms with E-state index in [9.17, 15) is 30.6 Å². The van der Waals surface area contributed by atoms with Gasteiger partial charge in [-0.25, -0.2) is 0 Å². The van der Waals surface area contributed by atoms with Gasteiger partial charge in [0.2, 0.25) is 0 Å². The third-order valence-corrected chi connectivity index (χ3v) is 12.5. The zero-order valence-electron chi connectivity index (χ0n) is 43.8. The maximum absolute atomic E-state index is 12.1. The van der Waals surface area contributed by atoms with Gasteiger partial charge >= 0.3 is 0 Å². The summed E-state index contributed by atoms with van der Waals surface area (Å²) in [4.78, 5) is 14.3. The first-order valence-electron chi connectivity index (χ1n) is 24.7. The fourth-order valence-corrected chi connectivity index (χ4v) is 7.78. The summed E-state index contributed by atoms with van der Waals surface area (Å²) in [6.45, 7) is 18.7. The molecule has 0 saturated heterocycles. The van der Waals surface area contributed by atoms with Gasteiger partial charge in [0.15, 0.2) is 0 Å². The summed E-state index contributed by atoms with van der Waals surface area (Å²) < 4.78 is 0. The van der Waals surface area contributed by atoms with Crippen molar-refractivity contribution in [3.8, 4) is 52.8 Å². The van der Waals surface area contributed by atoms with Crippen molar-refractivity contribution in [1.82, 2.24) is 0 Å². The molecule has 75 heavy (non-hydrogen) atoms. The Balaban J connectivity index is 1.40. The van der Waals surface area contributed by atoms with Gasteiger partial charge in [-0.15, -0.1) is 0 Å². The zero-order valence-corrected chi connectivity index (χ0v) is 43.8. The monoisotopic (exact) mass is 993 g/mol. The Morgan fingerprint density at radius 3 is 0.827 bits per heavy atom. The normalized spacial score (nSPS) is 13.1. The number of phenols is 3. The number of hydrogen-bond acceptors (Lipinski definition) is 9. The summed E-state index contributed by atoms with van der Waals surface area (Å²) in [5.74, 6) is 16.5. The molecule has 7 rings (SSSR count). The van der Waals surface area contributed by atoms with Crippen molar-refractivity contribution < 1.29 is 30.6 Å². The van der Waals surface area contributed by atoms with Crippen molar-refractivity contribution in [2.24, 2.45) is 15.0 Å². The number of benzene rings is 7. The van der Waals surface area contributed by atoms with Gasteiger partial charge in [0.05, 0.1) is 50.4 Å². The van der Waals surface area contributed by atoms with Crippen LogP contribution in [0.25, 0.3) is 0 Å². The van der Waals surface area contributed by atoms with Crippen LogP contribution in [0.3, 0.4) is 0 Å². The highest BCUT2D eigenvalue weighted by molar-refractivity contribution is 6.05. The van der Waals surface area contributed by atoms with E-state index >= 15 is 0 Å². The molecule has 7 aromatic carbocycles. The van der Waals surface area contributed by atoms with E-state index in [1.165, 1.54) is 18.6 Å². The lowest BCUT2D eigenvalue weighted by atomic mass is 9.86. The molecule has 6 N–H and O–H groups in total. The zero-order chi connectivity index (χ0) is 54.1. The summed E-state index contributed by atoms with van der Waals surface area (Å²) in [6, 6.07) is 44.1. The van der Waals surface area contributed by atoms with E-state index in [0.29, 0.717) is 50.4 Å². The molecular formula is C66H63N3O6. The third kappa shape index (κ3) is 13.8. The number of aliphatic hydroxyl groups is 3. The molecule has 0 unspecified atom stereocenters. The molecule has 0 aliphatic rings. The van der Waals surface area contributed by atoms with Gasteiger partial charge in [-0.3, -0.25) is 15.0 Å². The molecule has 0 radical (unpaired) electrons. The van der Waals surface area contributed by atoms with Crippen LogP contribution >= 0.6 is 0 Å². The molecule has 0 bridgehead atoms. The molecule has 3 atom stereocenters. The van der Waals surface area contributed by atoms with Crippen LogP contribution in [0.4, 0.5) is 17.1 Å². The predicted octanol–water partition coefficient (Wildman–Crippen LogP) is 13.2. The minimum Gasteiger partial charge on any atom is -0.506 e. The van der Waals surface area contributed by atoms with Crippen molar-refractivity contribution >= 4 is 35.7 Å². The predicted molar refractivity (Wildman–Crippen MR) is 303 cm³/mol. The molecule has 0 aromatic heterocycles. The number of hydrogen-bond donors (Lipinski definition) is 6. The van der Waals surface area contributed by atoms with Crippen molar-refractivity contribution in [2.45, 2.75) is 96.9 Å². The number of phenolic OH excluding ortho intramolecular Hbond substituents is 3. The van der Waals surface area contributed by atoms with E-state index in [4.69, 9.17) is 15.0 Å². The number of aromatic hydroxyl groups is 3. The molecule has 0 saturated carbocycles. The van der Waals surface area contributed by atoms with Crippen molar-refractivity contribution in [3.05, 3.63) is 212 Å². The standard InChI is InChI=1S/C66H63N3O6/c1-64(2,3)49-28-31-55(46(37-49)25-34-58(70)43-19-13-10-14-20-43)67-40-52-61(73)53(41-68-56-32-29-50(65(4,5)6)38-47(56)26-35-59(71)44-21-15-11-16-22-44)63(75)54(62(52)74)42-69-57-33-30-51(66(7,8)9)39-48(57)27-36-60(72)45-23-17-12-18-24-45/h10-24,28-33,37-42,58-60,70-75H,1-9H3/t58-,59-,60-/m1/s1. The highest BCUT2D eigenvalue weighted by Gasteiger charge is 2.23. The number of rotatable bonds is 9. The van der Waals surface area contributed by atoms with Crippen LogP contribution in [0.15, 0.2) is 161 Å². The van der Waals surface area contributed by atoms with Crippen molar-refractivity contribution in [3.63, 3.8) is 0 Å². The van der Waals surface area contributed by atoms with E-state index in [1.807, 2.05) is 91.0 Å². The molecule has 9 heteroatoms. The second-order valence-electron chi connectivity index (χ2n) is 21.3. The summed E-state index contributed by atoms with van der Waals surface area (Å²) in [6.07, 6.45) is 0.609. The maximum Gasteiger partial charge on any atom is 0.140 e. The van der Waals surface area contributed by atoms with Gasteiger partial charge in [0.1, 0.15) is 35.6 Å². The van der Waals surface area contributed by atoms with E-state index in [2.05, 4.69) is 97.8 Å². The maximum atomic E-state index is 12.1. The van der Waals surface area contributed by atoms with Crippen LogP contribution in [0.2, 0.25) is 0 Å². The van der Waals surface area contributed by atoms with Gasteiger partial charge in [0, 0.05) is 18.6 Å². The SMILES string of the molecule is CC(C)(C)c1ccc(N=Cc2c(O)c(C=Nc3ccc(C(C)(C)C)cc3C#C[C@@H](O)c3ccccc3)c(O)c(C=Nc3ccc(C(C)(C)C)cc3C#C[C@@H](O)c3ccccc3)c2O)c(C#C[C@@H](O)c2ccccc2)c1. The molecule has 0 aliphatic carbocycles. The lowest BCUT2D eigenvalue weighted by Crippen LogP contribution is -2.11. The Morgan fingerprint density at radius 2 is 0.600 bits per heavy atom. The molecule has 378 valence electrons. The van der Waals surface area contributed by atoms with Crippen molar-refractivity contribution in [1.29, 1.82) is 0 Å². The van der Waals surface area contributed by atoms with Gasteiger partial charge in [-0.05, 0) is 86.0 Å². The molecule has 9 nitrogen and oxygen atoms in total. The lowest BCUT2D eigenvalue weighted by molar-refractivity contribution is 0.238. The molecule has 0 aliphatic heterocycles. The largest absolute Gasteiger partial charge is 0.506 e. The Hall–Kier alpha value is -8.49. The molecule has 0 spiro atoms. The average Bonchev–Trinajstić information content (AvgIpc) is 3.39. The highest BCUT2D eigenvalue weighted by atomic mass is 16.3. The summed E-state index contributed by atoms with van der Waals surface area (Å²) in [5, 5.41) is 69.4. The van der Waals surface area contributed by atoms with Crippen LogP contribution in [0, 0.1) is 35.5 Å². The van der Waals surface area contributed by atoms with E-state index in [-0.39, 0.29) is 32.9 Å². The summed E-state index contributed by atoms with van der Waals surface area (Å²) in [5.41, 5.74) is 6.15. The van der Waals surface area contributed by atoms with Crippen LogP contribution in [-0.2, 0) is 16.2 Å². The number of nitrogens with zero attached hydrogens (tertiary/aromatic N) is 3. The first-order valence-corrected chi connectivity index (χ1v) is 24.7. The van der Waals surface area contributed by atoms with Crippen LogP contribution < -0.4 is 0 Å². The van der Waals surface area contributed by atoms with Crippen LogP contribution in [0.1, 0.15) is 147 Å². The third-order valence-electron chi connectivity index (χ3n) is 12.5. The second-order valence-corrected chi connectivity index (χ2v) is 21.3. The van der Waals surface area contributed by atoms with Gasteiger partial charge in [0.25, 0.3) is 0 Å². The minimum atomic E-state index is -1.08.